The maximum absolute atomic E-state index is 5.48. The Kier molecular flexibility index (Phi) is 5.85. The predicted molar refractivity (Wildman–Crippen MR) is 113 cm³/mol. The van der Waals surface area contributed by atoms with Gasteiger partial charge < -0.3 is 19.7 Å². The Morgan fingerprint density at radius 1 is 1.11 bits per heavy atom. The van der Waals surface area contributed by atoms with Crippen LogP contribution in [0.15, 0.2) is 6.07 Å². The van der Waals surface area contributed by atoms with E-state index in [0.717, 1.165) is 23.9 Å². The molecular weight excluding hydrogens is 352 g/mol. The topological polar surface area (TPSA) is 59.5 Å². The third kappa shape index (κ3) is 3.75. The number of pyridine rings is 2. The Morgan fingerprint density at radius 2 is 1.89 bits per heavy atom. The highest BCUT2D eigenvalue weighted by molar-refractivity contribution is 5.91. The van der Waals surface area contributed by atoms with E-state index < -0.39 is 0 Å². The summed E-state index contributed by atoms with van der Waals surface area (Å²) in [6.07, 6.45) is 8.12. The van der Waals surface area contributed by atoms with E-state index in [1.807, 2.05) is 6.07 Å². The van der Waals surface area contributed by atoms with Gasteiger partial charge in [0.2, 0.25) is 0 Å². The maximum atomic E-state index is 5.48. The van der Waals surface area contributed by atoms with Crippen LogP contribution in [0.5, 0.6) is 11.6 Å². The average molecular weight is 385 g/mol. The lowest BCUT2D eigenvalue weighted by atomic mass is 9.93. The quantitative estimate of drug-likeness (QED) is 0.817. The summed E-state index contributed by atoms with van der Waals surface area (Å²) in [5, 5.41) is 3.88. The van der Waals surface area contributed by atoms with Gasteiger partial charge in [-0.2, -0.15) is 0 Å². The Balaban J connectivity index is 1.71. The third-order valence-electron chi connectivity index (χ3n) is 6.06. The number of fused-ring (bicyclic) bond motifs is 2. The van der Waals surface area contributed by atoms with Crippen LogP contribution < -0.4 is 14.8 Å². The zero-order valence-electron chi connectivity index (χ0n) is 17.4. The summed E-state index contributed by atoms with van der Waals surface area (Å²) >= 11 is 0. The monoisotopic (exact) mass is 384 g/mol. The molecule has 2 aromatic rings. The van der Waals surface area contributed by atoms with E-state index in [9.17, 15) is 0 Å². The summed E-state index contributed by atoms with van der Waals surface area (Å²) in [6.45, 7) is 5.80. The summed E-state index contributed by atoms with van der Waals surface area (Å²) < 4.78 is 10.9. The van der Waals surface area contributed by atoms with Gasteiger partial charge in [0, 0.05) is 30.9 Å². The number of nitrogens with one attached hydrogen (secondary N) is 1. The minimum atomic E-state index is 0.486. The molecule has 3 heterocycles. The molecule has 1 N–H and O–H groups in total. The minimum absolute atomic E-state index is 0.486. The molecule has 0 radical (unpaired) electrons. The second-order valence-electron chi connectivity index (χ2n) is 7.95. The molecule has 0 amide bonds. The number of nitrogens with zero attached hydrogens (tertiary/aromatic N) is 3. The predicted octanol–water partition coefficient (Wildman–Crippen LogP) is 3.81. The number of aryl methyl sites for hydroxylation is 1. The van der Waals surface area contributed by atoms with Crippen LogP contribution in [0.4, 0.5) is 5.69 Å². The highest BCUT2D eigenvalue weighted by Crippen LogP contribution is 2.37. The number of hydrogen-bond acceptors (Lipinski definition) is 6. The SMILES string of the molecule is CCCN1CCC(Nc2c3c(nc4cc(OC)c(OC)nc24)CCCC3)CC1. The number of rotatable bonds is 6. The molecule has 0 aromatic carbocycles. The van der Waals surface area contributed by atoms with Crippen LogP contribution in [-0.4, -0.2) is 54.8 Å². The van der Waals surface area contributed by atoms with E-state index in [0.29, 0.717) is 17.7 Å². The number of methoxy groups -OCH3 is 2. The van der Waals surface area contributed by atoms with Crippen LogP contribution in [0.1, 0.15) is 50.3 Å². The lowest BCUT2D eigenvalue weighted by Gasteiger charge is -2.33. The molecule has 6 nitrogen and oxygen atoms in total. The average Bonchev–Trinajstić information content (AvgIpc) is 2.74. The van der Waals surface area contributed by atoms with Crippen LogP contribution in [0.3, 0.4) is 0 Å². The number of hydrogen-bond donors (Lipinski definition) is 1. The molecule has 28 heavy (non-hydrogen) atoms. The van der Waals surface area contributed by atoms with Crippen molar-refractivity contribution in [2.24, 2.45) is 0 Å². The summed E-state index contributed by atoms with van der Waals surface area (Å²) in [5.41, 5.74) is 5.56. The molecule has 0 spiro atoms. The molecule has 4 rings (SSSR count). The molecule has 6 heteroatoms. The van der Waals surface area contributed by atoms with Crippen LogP contribution in [0.2, 0.25) is 0 Å². The van der Waals surface area contributed by atoms with E-state index in [-0.39, 0.29) is 0 Å². The van der Waals surface area contributed by atoms with Crippen molar-refractivity contribution in [3.05, 3.63) is 17.3 Å². The maximum Gasteiger partial charge on any atom is 0.257 e. The van der Waals surface area contributed by atoms with Crippen LogP contribution in [-0.2, 0) is 12.8 Å². The summed E-state index contributed by atoms with van der Waals surface area (Å²) in [6, 6.07) is 2.45. The molecule has 2 aromatic heterocycles. The van der Waals surface area contributed by atoms with Gasteiger partial charge in [0.1, 0.15) is 5.52 Å². The first-order valence-electron chi connectivity index (χ1n) is 10.7. The molecule has 1 aliphatic heterocycles. The van der Waals surface area contributed by atoms with Crippen molar-refractivity contribution in [1.29, 1.82) is 0 Å². The minimum Gasteiger partial charge on any atom is -0.491 e. The largest absolute Gasteiger partial charge is 0.491 e. The lowest BCUT2D eigenvalue weighted by molar-refractivity contribution is 0.219. The van der Waals surface area contributed by atoms with Crippen molar-refractivity contribution in [2.75, 3.05) is 39.2 Å². The van der Waals surface area contributed by atoms with Crippen molar-refractivity contribution in [3.63, 3.8) is 0 Å². The number of aromatic nitrogens is 2. The van der Waals surface area contributed by atoms with E-state index in [1.165, 1.54) is 68.7 Å². The lowest BCUT2D eigenvalue weighted by Crippen LogP contribution is -2.39. The fourth-order valence-corrected chi connectivity index (χ4v) is 4.58. The van der Waals surface area contributed by atoms with E-state index >= 15 is 0 Å². The number of likely N-dealkylation sites (tertiary alicyclic amines) is 1. The Labute approximate surface area is 167 Å². The summed E-state index contributed by atoms with van der Waals surface area (Å²) in [4.78, 5) is 12.3. The Hall–Kier alpha value is -2.08. The van der Waals surface area contributed by atoms with Gasteiger partial charge >= 0.3 is 0 Å². The van der Waals surface area contributed by atoms with Crippen molar-refractivity contribution in [1.82, 2.24) is 14.9 Å². The molecule has 2 aliphatic rings. The molecule has 1 fully saturated rings. The second kappa shape index (κ2) is 8.52. The van der Waals surface area contributed by atoms with Gasteiger partial charge in [-0.15, -0.1) is 0 Å². The van der Waals surface area contributed by atoms with E-state index in [4.69, 9.17) is 19.4 Å². The summed E-state index contributed by atoms with van der Waals surface area (Å²) in [7, 11) is 3.28. The van der Waals surface area contributed by atoms with Crippen molar-refractivity contribution in [2.45, 2.75) is 57.9 Å². The van der Waals surface area contributed by atoms with Gasteiger partial charge in [0.05, 0.1) is 25.4 Å². The van der Waals surface area contributed by atoms with Crippen LogP contribution in [0.25, 0.3) is 11.0 Å². The molecule has 0 bridgehead atoms. The first-order valence-corrected chi connectivity index (χ1v) is 10.7. The van der Waals surface area contributed by atoms with Crippen molar-refractivity contribution >= 4 is 16.7 Å². The van der Waals surface area contributed by atoms with Crippen molar-refractivity contribution in [3.8, 4) is 11.6 Å². The highest BCUT2D eigenvalue weighted by Gasteiger charge is 2.25. The number of piperidine rings is 1. The Bertz CT molecular complexity index is 826. The molecule has 1 saturated heterocycles. The van der Waals surface area contributed by atoms with Gasteiger partial charge in [-0.1, -0.05) is 6.92 Å². The third-order valence-corrected chi connectivity index (χ3v) is 6.06. The Morgan fingerprint density at radius 3 is 2.61 bits per heavy atom. The second-order valence-corrected chi connectivity index (χ2v) is 7.95. The highest BCUT2D eigenvalue weighted by atomic mass is 16.5. The van der Waals surface area contributed by atoms with E-state index in [2.05, 4.69) is 17.1 Å². The van der Waals surface area contributed by atoms with Crippen LogP contribution >= 0.6 is 0 Å². The standard InChI is InChI=1S/C22H32N4O2/c1-4-11-26-12-9-15(10-13-26)23-20-16-7-5-6-8-17(16)24-18-14-19(27-2)22(28-3)25-21(18)20/h14-15H,4-13H2,1-3H3,(H,23,24). The van der Waals surface area contributed by atoms with E-state index in [1.54, 1.807) is 14.2 Å². The smallest absolute Gasteiger partial charge is 0.257 e. The summed E-state index contributed by atoms with van der Waals surface area (Å²) in [5.74, 6) is 1.16. The zero-order chi connectivity index (χ0) is 19.5. The number of ether oxygens (including phenoxy) is 2. The fraction of sp³-hybridized carbons (Fsp3) is 0.636. The molecular formula is C22H32N4O2. The molecule has 1 aliphatic carbocycles. The molecule has 0 saturated carbocycles. The number of anilines is 1. The molecule has 0 atom stereocenters. The molecule has 152 valence electrons. The molecule has 0 unspecified atom stereocenters. The van der Waals surface area contributed by atoms with Gasteiger partial charge in [0.15, 0.2) is 5.75 Å². The van der Waals surface area contributed by atoms with Gasteiger partial charge in [-0.05, 0) is 57.1 Å². The van der Waals surface area contributed by atoms with Crippen LogP contribution in [0, 0.1) is 0 Å². The normalized spacial score (nSPS) is 18.1. The van der Waals surface area contributed by atoms with Gasteiger partial charge in [-0.3, -0.25) is 4.98 Å². The first kappa shape index (κ1) is 19.2. The van der Waals surface area contributed by atoms with Gasteiger partial charge in [-0.25, -0.2) is 4.98 Å². The van der Waals surface area contributed by atoms with Crippen molar-refractivity contribution < 1.29 is 9.47 Å². The van der Waals surface area contributed by atoms with Gasteiger partial charge in [0.25, 0.3) is 5.88 Å². The first-order chi connectivity index (χ1) is 13.7. The zero-order valence-corrected chi connectivity index (χ0v) is 17.4. The fourth-order valence-electron chi connectivity index (χ4n) is 4.58.